The van der Waals surface area contributed by atoms with Crippen LogP contribution in [0.25, 0.3) is 0 Å². The molecule has 2 amide bonds. The first-order chi connectivity index (χ1) is 38.0. The van der Waals surface area contributed by atoms with Gasteiger partial charge in [0.25, 0.3) is 13.5 Å². The molecule has 0 spiro atoms. The number of carbonyl (C=O) groups excluding carboxylic acids is 9. The maximum atomic E-state index is 13.2. The normalized spacial score (nSPS) is 16.1. The van der Waals surface area contributed by atoms with Crippen LogP contribution in [0.4, 0.5) is 9.59 Å². The first-order valence-electron chi connectivity index (χ1n) is 26.7. The van der Waals surface area contributed by atoms with Crippen LogP contribution in [0, 0.1) is 11.8 Å². The summed E-state index contributed by atoms with van der Waals surface area (Å²) in [5.74, 6) is -3.81. The molecule has 0 bridgehead atoms. The van der Waals surface area contributed by atoms with Gasteiger partial charge < -0.3 is 63.8 Å². The Balaban J connectivity index is 0.000000744. The number of carbonyl (C=O) groups is 6. The number of piperidine rings is 2. The molecule has 4 heterocycles. The molecule has 6 rings (SSSR count). The van der Waals surface area contributed by atoms with Gasteiger partial charge in [-0.3, -0.25) is 19.2 Å². The van der Waals surface area contributed by atoms with Crippen molar-refractivity contribution >= 4 is 48.0 Å². The Morgan fingerprint density at radius 3 is 1.34 bits per heavy atom. The highest BCUT2D eigenvalue weighted by Crippen LogP contribution is 2.32. The summed E-state index contributed by atoms with van der Waals surface area (Å²) in [5.41, 5.74) is 1.96. The molecule has 2 fully saturated rings. The van der Waals surface area contributed by atoms with Gasteiger partial charge in [-0.2, -0.15) is 28.3 Å². The third kappa shape index (κ3) is 25.3. The minimum atomic E-state index is -1.22. The SMILES string of the molecule is C[C@H](c1ccccc1)C1CCCCN1C(=O)OC[n+]1cccc(C(=O)C[C@@H](CO)C(=O)O)c1.C[C@H](c1ccccc1)C1CCCCN1C(=O)OC[n+]1cccc(C(=O)C[C@@H](COC(C)(C)C)C(=O)OC(C)(C)C)c1.O=C=O.O=C=O.[Cl-].[Cl-]. The Morgan fingerprint density at radius 2 is 0.988 bits per heavy atom. The maximum Gasteiger partial charge on any atom is 0.414 e. The Bertz CT molecular complexity index is 2680. The first-order valence-corrected chi connectivity index (χ1v) is 26.7. The Kier molecular flexibility index (Phi) is 32.9. The van der Waals surface area contributed by atoms with Gasteiger partial charge in [-0.15, -0.1) is 0 Å². The summed E-state index contributed by atoms with van der Waals surface area (Å²) in [6.07, 6.45) is 11.8. The van der Waals surface area contributed by atoms with Crippen molar-refractivity contribution in [1.29, 1.82) is 0 Å². The summed E-state index contributed by atoms with van der Waals surface area (Å²) in [5, 5.41) is 18.2. The van der Waals surface area contributed by atoms with Crippen molar-refractivity contribution in [3.05, 3.63) is 132 Å². The minimum absolute atomic E-state index is 0. The van der Waals surface area contributed by atoms with E-state index in [0.717, 1.165) is 38.5 Å². The van der Waals surface area contributed by atoms with E-state index in [-0.39, 0.29) is 106 Å². The zero-order chi connectivity index (χ0) is 59.4. The van der Waals surface area contributed by atoms with E-state index in [9.17, 15) is 28.8 Å². The molecule has 2 unspecified atom stereocenters. The summed E-state index contributed by atoms with van der Waals surface area (Å²) < 4.78 is 25.9. The lowest BCUT2D eigenvalue weighted by molar-refractivity contribution is -0.727. The number of aromatic nitrogens is 2. The number of halogens is 2. The third-order valence-electron chi connectivity index (χ3n) is 13.3. The summed E-state index contributed by atoms with van der Waals surface area (Å²) in [6.45, 7) is 16.1. The number of hydrogen-bond donors (Lipinski definition) is 2. The Labute approximate surface area is 492 Å². The maximum absolute atomic E-state index is 13.2. The number of hydrogen-bond acceptors (Lipinski definition) is 15. The molecule has 2 N–H and O–H groups in total. The number of aliphatic hydroxyl groups excluding tert-OH is 1. The van der Waals surface area contributed by atoms with Crippen LogP contribution < -0.4 is 33.9 Å². The van der Waals surface area contributed by atoms with Gasteiger partial charge in [0.1, 0.15) is 5.60 Å². The molecule has 4 aromatic rings. The van der Waals surface area contributed by atoms with Crippen molar-refractivity contribution in [1.82, 2.24) is 9.80 Å². The van der Waals surface area contributed by atoms with E-state index in [1.54, 1.807) is 77.7 Å². The van der Waals surface area contributed by atoms with E-state index in [4.69, 9.17) is 48.3 Å². The van der Waals surface area contributed by atoms with Crippen LogP contribution in [-0.4, -0.2) is 118 Å². The summed E-state index contributed by atoms with van der Waals surface area (Å²) in [6, 6.07) is 27.1. The second-order valence-electron chi connectivity index (χ2n) is 21.5. The molecular formula is C60H78Cl2N4O16. The average molecular weight is 1180 g/mol. The molecule has 2 aliphatic rings. The number of ketones is 2. The first kappa shape index (κ1) is 72.8. The largest absolute Gasteiger partial charge is 1.00 e. The van der Waals surface area contributed by atoms with E-state index in [1.165, 1.54) is 17.3 Å². The Morgan fingerprint density at radius 1 is 0.598 bits per heavy atom. The molecule has 448 valence electrons. The molecule has 2 aliphatic heterocycles. The lowest BCUT2D eigenvalue weighted by Crippen LogP contribution is -3.00. The predicted molar refractivity (Wildman–Crippen MR) is 286 cm³/mol. The number of carboxylic acids is 1. The second-order valence-corrected chi connectivity index (χ2v) is 21.5. The highest BCUT2D eigenvalue weighted by atomic mass is 35.5. The predicted octanol–water partition coefficient (Wildman–Crippen LogP) is 1.91. The molecule has 0 aliphatic carbocycles. The average Bonchev–Trinajstić information content (AvgIpc) is 3.44. The van der Waals surface area contributed by atoms with Crippen molar-refractivity contribution < 1.29 is 111 Å². The van der Waals surface area contributed by atoms with Crippen LogP contribution in [0.5, 0.6) is 0 Å². The number of rotatable bonds is 19. The van der Waals surface area contributed by atoms with E-state index in [1.807, 2.05) is 62.1 Å². The summed E-state index contributed by atoms with van der Waals surface area (Å²) in [4.78, 5) is 112. The smallest absolute Gasteiger partial charge is 0.414 e. The van der Waals surface area contributed by atoms with E-state index >= 15 is 0 Å². The minimum Gasteiger partial charge on any atom is -1.00 e. The number of aliphatic hydroxyl groups is 1. The zero-order valence-electron chi connectivity index (χ0n) is 47.9. The van der Waals surface area contributed by atoms with Gasteiger partial charge in [-0.05, 0) is 103 Å². The van der Waals surface area contributed by atoms with Crippen LogP contribution in [-0.2, 0) is 61.2 Å². The summed E-state index contributed by atoms with van der Waals surface area (Å²) >= 11 is 0. The molecule has 0 radical (unpaired) electrons. The van der Waals surface area contributed by atoms with Gasteiger partial charge in [-0.1, -0.05) is 74.5 Å². The van der Waals surface area contributed by atoms with Crippen LogP contribution in [0.2, 0.25) is 0 Å². The fourth-order valence-electron chi connectivity index (χ4n) is 9.18. The Hall–Kier alpha value is -7.18. The number of ether oxygens (including phenoxy) is 4. The van der Waals surface area contributed by atoms with Crippen molar-refractivity contribution in [2.24, 2.45) is 11.8 Å². The van der Waals surface area contributed by atoms with Gasteiger partial charge in [0.05, 0.1) is 41.8 Å². The zero-order valence-corrected chi connectivity index (χ0v) is 49.4. The van der Waals surface area contributed by atoms with Gasteiger partial charge in [0.15, 0.2) is 36.4 Å². The number of likely N-dealkylation sites (tertiary alicyclic amines) is 2. The second kappa shape index (κ2) is 37.0. The number of benzene rings is 2. The standard InChI is InChI=1S/C33H47N2O6.C25H30N2O6.2CO2.2ClH/c1-24(25-14-9-8-10-15-25)28-17-11-12-19-35(28)31(38)39-23-34-18-13-16-26(21-34)29(36)20-27(22-40-32(2,3)4)30(37)41-33(5,6)7;1-18(19-8-3-2-4-9-19)22-11-5-6-13-27(22)25(32)33-17-26-12-7-10-20(15-26)23(29)14-21(16-28)24(30)31;2*2-1-3;;/h8-10,13-16,18,21,24,27-28H,11-12,17,19-20,22-23H2,1-7H3;2-4,7-10,12,15,18,21-22,28H,5-6,11,13-14,16-17H2,1H3;;;2*1H/q+1;;;;;/p-1/t24-,27+,28?;18-,21+,22?;;;;/m11..../s1. The van der Waals surface area contributed by atoms with E-state index < -0.39 is 53.5 Å². The molecule has 0 saturated carbocycles. The topological polar surface area (TPSA) is 262 Å². The van der Waals surface area contributed by atoms with Crippen molar-refractivity contribution in [2.45, 2.75) is 155 Å². The number of Topliss-reactive ketones (excluding diaryl/α,β-unsaturated/α-hetero) is 2. The lowest BCUT2D eigenvalue weighted by atomic mass is 9.87. The van der Waals surface area contributed by atoms with Crippen LogP contribution in [0.15, 0.2) is 110 Å². The van der Waals surface area contributed by atoms with Crippen molar-refractivity contribution in [3.8, 4) is 0 Å². The third-order valence-corrected chi connectivity index (χ3v) is 13.3. The highest BCUT2D eigenvalue weighted by Gasteiger charge is 2.35. The fourth-order valence-corrected chi connectivity index (χ4v) is 9.18. The van der Waals surface area contributed by atoms with Crippen molar-refractivity contribution in [3.63, 3.8) is 0 Å². The van der Waals surface area contributed by atoms with Crippen LogP contribution in [0.3, 0.4) is 0 Å². The number of aliphatic carboxylic acids is 1. The summed E-state index contributed by atoms with van der Waals surface area (Å²) in [7, 11) is 0. The molecule has 22 heteroatoms. The fraction of sp³-hybridized carbons (Fsp3) is 0.500. The number of nitrogens with zero attached hydrogens (tertiary/aromatic N) is 4. The lowest BCUT2D eigenvalue weighted by Gasteiger charge is -2.38. The molecule has 20 nitrogen and oxygen atoms in total. The molecular weight excluding hydrogens is 1100 g/mol. The van der Waals surface area contributed by atoms with Crippen LogP contribution >= 0.6 is 0 Å². The highest BCUT2D eigenvalue weighted by molar-refractivity contribution is 5.98. The van der Waals surface area contributed by atoms with Gasteiger partial charge in [0, 0.05) is 62.0 Å². The monoisotopic (exact) mass is 1180 g/mol. The number of pyridine rings is 2. The molecule has 82 heavy (non-hydrogen) atoms. The van der Waals surface area contributed by atoms with Crippen molar-refractivity contribution in [2.75, 3.05) is 26.3 Å². The molecule has 2 saturated heterocycles. The molecule has 6 atom stereocenters. The van der Waals surface area contributed by atoms with Gasteiger partial charge in [-0.25, -0.2) is 9.59 Å². The van der Waals surface area contributed by atoms with E-state index in [2.05, 4.69) is 38.1 Å². The van der Waals surface area contributed by atoms with Gasteiger partial charge >= 0.3 is 36.4 Å². The van der Waals surface area contributed by atoms with Gasteiger partial charge in [0.2, 0.25) is 0 Å². The van der Waals surface area contributed by atoms with Crippen LogP contribution in [0.1, 0.15) is 150 Å². The quantitative estimate of drug-likeness (QED) is 0.0588. The number of amides is 2. The molecule has 2 aromatic heterocycles. The number of carboxylic acid groups (broad SMARTS) is 1. The molecule has 2 aromatic carbocycles. The number of esters is 1. The van der Waals surface area contributed by atoms with E-state index in [0.29, 0.717) is 24.2 Å².